The van der Waals surface area contributed by atoms with Gasteiger partial charge in [-0.2, -0.15) is 0 Å². The lowest BCUT2D eigenvalue weighted by Gasteiger charge is -2.18. The van der Waals surface area contributed by atoms with Crippen LogP contribution in [-0.2, 0) is 32.5 Å². The second-order valence-electron chi connectivity index (χ2n) is 13.2. The molecule has 0 radical (unpaired) electrons. The summed E-state index contributed by atoms with van der Waals surface area (Å²) >= 11 is 0. The Hall–Kier alpha value is -4.22. The number of fused-ring (bicyclic) bond motifs is 2. The first-order valence-corrected chi connectivity index (χ1v) is 15.6. The van der Waals surface area contributed by atoms with Crippen LogP contribution >= 0.6 is 0 Å². The number of aromatic nitrogens is 4. The fraction of sp³-hybridized carbons (Fsp3) is 0.562. The van der Waals surface area contributed by atoms with Gasteiger partial charge in [0.05, 0.1) is 0 Å². The van der Waals surface area contributed by atoms with Crippen molar-refractivity contribution in [2.24, 2.45) is 23.7 Å². The molecule has 6 rings (SSSR count). The lowest BCUT2D eigenvalue weighted by Crippen LogP contribution is -2.42. The number of H-pyrrole nitrogens is 1. The predicted molar refractivity (Wildman–Crippen MR) is 164 cm³/mol. The summed E-state index contributed by atoms with van der Waals surface area (Å²) in [5.41, 5.74) is -2.44. The summed E-state index contributed by atoms with van der Waals surface area (Å²) in [7, 11) is 0. The lowest BCUT2D eigenvalue weighted by molar-refractivity contribution is 0.404. The number of aryl methyl sites for hydroxylation is 2. The van der Waals surface area contributed by atoms with Gasteiger partial charge in [-0.25, -0.2) is 19.2 Å². The molecule has 2 fully saturated rings. The molecule has 0 amide bonds. The number of hydrogen-bond donors (Lipinski definition) is 1. The van der Waals surface area contributed by atoms with Crippen LogP contribution in [0.15, 0.2) is 49.7 Å². The molecule has 1 N–H and O–H groups in total. The Bertz CT molecular complexity index is 2100. The van der Waals surface area contributed by atoms with E-state index in [0.29, 0.717) is 55.3 Å². The molecule has 2 saturated carbocycles. The maximum atomic E-state index is 13.7. The summed E-state index contributed by atoms with van der Waals surface area (Å²) in [5, 5.41) is 0.433. The molecule has 12 nitrogen and oxygen atoms in total. The highest BCUT2D eigenvalue weighted by atomic mass is 16.4. The van der Waals surface area contributed by atoms with E-state index in [1.165, 1.54) is 25.8 Å². The average molecular weight is 607 g/mol. The van der Waals surface area contributed by atoms with E-state index >= 15 is 0 Å². The molecule has 12 heteroatoms. The van der Waals surface area contributed by atoms with Crippen LogP contribution in [0.25, 0.3) is 22.2 Å². The number of nitrogens with zero attached hydrogens (tertiary/aromatic N) is 3. The van der Waals surface area contributed by atoms with E-state index in [4.69, 9.17) is 8.83 Å². The summed E-state index contributed by atoms with van der Waals surface area (Å²) in [5.74, 6) is 0.736. The topological polar surface area (TPSA) is 159 Å². The molecule has 0 aliphatic heterocycles. The molecule has 2 aliphatic rings. The minimum Gasteiger partial charge on any atom is -0.405 e. The fourth-order valence-electron chi connectivity index (χ4n) is 5.93. The number of rotatable bonds is 12. The highest BCUT2D eigenvalue weighted by Crippen LogP contribution is 2.31. The summed E-state index contributed by atoms with van der Waals surface area (Å²) < 4.78 is 14.9. The minimum atomic E-state index is -0.653. The molecule has 4 heterocycles. The highest BCUT2D eigenvalue weighted by Gasteiger charge is 2.28. The maximum absolute atomic E-state index is 13.7. The smallest absolute Gasteiger partial charge is 0.337 e. The van der Waals surface area contributed by atoms with E-state index in [9.17, 15) is 28.8 Å². The molecule has 234 valence electrons. The van der Waals surface area contributed by atoms with Crippen LogP contribution in [0.5, 0.6) is 0 Å². The predicted octanol–water partition coefficient (Wildman–Crippen LogP) is 2.75. The average Bonchev–Trinajstić information content (AvgIpc) is 3.89. The lowest BCUT2D eigenvalue weighted by atomic mass is 9.99. The Morgan fingerprint density at radius 1 is 0.750 bits per heavy atom. The van der Waals surface area contributed by atoms with E-state index in [1.54, 1.807) is 0 Å². The maximum Gasteiger partial charge on any atom is 0.337 e. The van der Waals surface area contributed by atoms with Gasteiger partial charge >= 0.3 is 22.6 Å². The Morgan fingerprint density at radius 2 is 1.30 bits per heavy atom. The third-order valence-corrected chi connectivity index (χ3v) is 8.82. The van der Waals surface area contributed by atoms with Gasteiger partial charge in [0.25, 0.3) is 11.1 Å². The summed E-state index contributed by atoms with van der Waals surface area (Å²) in [4.78, 5) is 80.3. The van der Waals surface area contributed by atoms with E-state index in [-0.39, 0.29) is 40.6 Å². The molecule has 4 aromatic rings. The van der Waals surface area contributed by atoms with Crippen LogP contribution in [0.1, 0.15) is 70.4 Å². The van der Waals surface area contributed by atoms with Crippen molar-refractivity contribution in [3.8, 4) is 0 Å². The van der Waals surface area contributed by atoms with Crippen molar-refractivity contribution in [3.63, 3.8) is 0 Å². The third kappa shape index (κ3) is 6.07. The SMILES string of the molecule is CC(C)CCc1cc(=O)oc2c1c(=O)n(CC1CC1)c(=O)n2CC(C)CCc1cc(=O)oc2c1c(=O)[nH]c(=O)n2CC1CC1. The van der Waals surface area contributed by atoms with Crippen molar-refractivity contribution >= 4 is 22.2 Å². The Balaban J connectivity index is 1.36. The van der Waals surface area contributed by atoms with Crippen molar-refractivity contribution in [1.29, 1.82) is 0 Å². The van der Waals surface area contributed by atoms with Crippen LogP contribution in [0.2, 0.25) is 0 Å². The zero-order chi connectivity index (χ0) is 31.3. The second-order valence-corrected chi connectivity index (χ2v) is 13.2. The summed E-state index contributed by atoms with van der Waals surface area (Å²) in [6.07, 6.45) is 5.87. The van der Waals surface area contributed by atoms with Gasteiger partial charge < -0.3 is 8.83 Å². The van der Waals surface area contributed by atoms with Crippen LogP contribution in [0.4, 0.5) is 0 Å². The van der Waals surface area contributed by atoms with Crippen molar-refractivity contribution in [1.82, 2.24) is 18.7 Å². The molecule has 1 atom stereocenters. The largest absolute Gasteiger partial charge is 0.405 e. The van der Waals surface area contributed by atoms with Gasteiger partial charge in [-0.15, -0.1) is 0 Å². The van der Waals surface area contributed by atoms with Gasteiger partial charge in [0.2, 0.25) is 11.4 Å². The molecule has 1 unspecified atom stereocenters. The first kappa shape index (κ1) is 29.8. The third-order valence-electron chi connectivity index (χ3n) is 8.82. The molecule has 0 spiro atoms. The summed E-state index contributed by atoms with van der Waals surface area (Å²) in [6.45, 7) is 6.88. The van der Waals surface area contributed by atoms with Crippen molar-refractivity contribution < 1.29 is 8.83 Å². The van der Waals surface area contributed by atoms with E-state index in [2.05, 4.69) is 18.8 Å². The van der Waals surface area contributed by atoms with Crippen LogP contribution in [0.3, 0.4) is 0 Å². The highest BCUT2D eigenvalue weighted by molar-refractivity contribution is 5.77. The Kier molecular flexibility index (Phi) is 7.93. The molecular formula is C32H38N4O8. The van der Waals surface area contributed by atoms with Gasteiger partial charge in [-0.3, -0.25) is 28.3 Å². The van der Waals surface area contributed by atoms with Crippen molar-refractivity contribution in [2.75, 3.05) is 0 Å². The fourth-order valence-corrected chi connectivity index (χ4v) is 5.93. The van der Waals surface area contributed by atoms with Crippen LogP contribution < -0.4 is 33.7 Å². The molecule has 44 heavy (non-hydrogen) atoms. The monoisotopic (exact) mass is 606 g/mol. The minimum absolute atomic E-state index is 0.0171. The van der Waals surface area contributed by atoms with E-state index in [1.807, 2.05) is 6.92 Å². The molecule has 0 bridgehead atoms. The second kappa shape index (κ2) is 11.7. The molecular weight excluding hydrogens is 568 g/mol. The Labute approximate surface area is 250 Å². The van der Waals surface area contributed by atoms with Crippen LogP contribution in [0, 0.1) is 23.7 Å². The van der Waals surface area contributed by atoms with E-state index < -0.39 is 33.7 Å². The number of aromatic amines is 1. The molecule has 0 aromatic carbocycles. The number of nitrogens with one attached hydrogen (secondary N) is 1. The first-order valence-electron chi connectivity index (χ1n) is 15.6. The summed E-state index contributed by atoms with van der Waals surface area (Å²) in [6, 6.07) is 2.63. The zero-order valence-electron chi connectivity index (χ0n) is 25.3. The quantitative estimate of drug-likeness (QED) is 0.258. The Morgan fingerprint density at radius 3 is 1.89 bits per heavy atom. The van der Waals surface area contributed by atoms with Crippen molar-refractivity contribution in [2.45, 2.75) is 91.8 Å². The first-order chi connectivity index (χ1) is 21.0. The number of hydrogen-bond acceptors (Lipinski definition) is 8. The standard InChI is InChI=1S/C32H38N4O8/c1-17(2)4-10-22-13-24(38)44-30-26(22)28(40)34(15-19-6-7-19)32(42)36(30)14-18(3)5-11-21-12-23(37)43-29-25(21)27(39)33-31(41)35(29)16-20-8-9-20/h12-13,17-20H,4-11,14-16H2,1-3H3,(H,33,39,41). The molecule has 2 aliphatic carbocycles. The van der Waals surface area contributed by atoms with E-state index in [0.717, 1.165) is 32.1 Å². The van der Waals surface area contributed by atoms with Gasteiger partial charge in [0.15, 0.2) is 0 Å². The van der Waals surface area contributed by atoms with Crippen molar-refractivity contribution in [3.05, 3.63) is 85.8 Å². The molecule has 4 aromatic heterocycles. The van der Waals surface area contributed by atoms with Crippen LogP contribution in [-0.4, -0.2) is 18.7 Å². The molecule has 0 saturated heterocycles. The van der Waals surface area contributed by atoms with Gasteiger partial charge in [-0.05, 0) is 86.2 Å². The van der Waals surface area contributed by atoms with Gasteiger partial charge in [-0.1, -0.05) is 20.8 Å². The van der Waals surface area contributed by atoms with Gasteiger partial charge in [0, 0.05) is 31.8 Å². The van der Waals surface area contributed by atoms with Gasteiger partial charge in [0.1, 0.15) is 10.8 Å². The zero-order valence-corrected chi connectivity index (χ0v) is 25.3. The normalized spacial score (nSPS) is 15.9.